The van der Waals surface area contributed by atoms with Gasteiger partial charge in [-0.3, -0.25) is 4.90 Å². The molecule has 13 heteroatoms. The number of carbonyl (C=O) groups excluding carboxylic acids is 2. The van der Waals surface area contributed by atoms with Gasteiger partial charge in [0.1, 0.15) is 30.8 Å². The minimum Gasteiger partial charge on any atom is -0.459 e. The fourth-order valence-corrected chi connectivity index (χ4v) is 8.67. The van der Waals surface area contributed by atoms with Crippen molar-refractivity contribution in [3.05, 3.63) is 84.0 Å². The number of halogens is 1. The summed E-state index contributed by atoms with van der Waals surface area (Å²) < 4.78 is 25.6. The van der Waals surface area contributed by atoms with Crippen LogP contribution in [0.25, 0.3) is 0 Å². The van der Waals surface area contributed by atoms with Crippen molar-refractivity contribution >= 4 is 29.5 Å². The molecule has 6 atom stereocenters. The van der Waals surface area contributed by atoms with Gasteiger partial charge in [0.15, 0.2) is 0 Å². The molecule has 1 heterocycles. The van der Waals surface area contributed by atoms with Crippen LogP contribution >= 0.6 is 11.6 Å². The zero-order valence-corrected chi connectivity index (χ0v) is 33.5. The molecule has 0 bridgehead atoms. The number of amides is 2. The molecule has 2 amide bonds. The van der Waals surface area contributed by atoms with Gasteiger partial charge in [-0.25, -0.2) is 9.59 Å². The normalized spacial score (nSPS) is 24.2. The van der Waals surface area contributed by atoms with Gasteiger partial charge in [0.25, 0.3) is 0 Å². The summed E-state index contributed by atoms with van der Waals surface area (Å²) in [5.74, 6) is -1.06. The molecule has 2 aromatic rings. The van der Waals surface area contributed by atoms with Crippen LogP contribution in [0, 0.1) is 17.8 Å². The maximum Gasteiger partial charge on any atom is 0.412 e. The van der Waals surface area contributed by atoms with E-state index in [0.717, 1.165) is 42.4 Å². The second-order valence-electron chi connectivity index (χ2n) is 14.4. The van der Waals surface area contributed by atoms with Crippen molar-refractivity contribution in [1.29, 1.82) is 0 Å². The lowest BCUT2D eigenvalue weighted by Crippen LogP contribution is -2.70. The Morgan fingerprint density at radius 1 is 1.09 bits per heavy atom. The number of benzene rings is 2. The van der Waals surface area contributed by atoms with Gasteiger partial charge in [0, 0.05) is 44.2 Å². The van der Waals surface area contributed by atoms with E-state index in [-0.39, 0.29) is 56.5 Å². The number of hydrogen-bond donors (Lipinski definition) is 3. The molecule has 56 heavy (non-hydrogen) atoms. The molecule has 0 aromatic heterocycles. The maximum atomic E-state index is 14.0. The highest BCUT2D eigenvalue weighted by molar-refractivity contribution is 6.18. The van der Waals surface area contributed by atoms with E-state index < -0.39 is 29.9 Å². The number of aliphatic hydroxyl groups excluding tert-OH is 2. The van der Waals surface area contributed by atoms with E-state index in [9.17, 15) is 19.8 Å². The highest BCUT2D eigenvalue weighted by atomic mass is 35.5. The highest BCUT2D eigenvalue weighted by Crippen LogP contribution is 2.62. The molecule has 2 aromatic carbocycles. The first-order chi connectivity index (χ1) is 27.3. The third-order valence-corrected chi connectivity index (χ3v) is 11.0. The molecular weight excluding hydrogens is 738 g/mol. The number of allylic oxidation sites excluding steroid dienone is 1. The molecule has 12 nitrogen and oxygen atoms in total. The SMILES string of the molecule is C=CCOC12Oc3ccc(OC(=O)NCc4ccccc4)cc3C3C(CCCCO)C(CCCCO)C=C(C(=NOCC)CC1N(CCC)C(=O)OCCCl)C32. The third-order valence-electron chi connectivity index (χ3n) is 10.8. The van der Waals surface area contributed by atoms with Crippen LogP contribution in [0.1, 0.15) is 82.3 Å². The number of aliphatic hydroxyl groups is 2. The molecule has 2 aliphatic carbocycles. The lowest BCUT2D eigenvalue weighted by atomic mass is 9.55. The van der Waals surface area contributed by atoms with Gasteiger partial charge in [0.05, 0.1) is 24.1 Å². The van der Waals surface area contributed by atoms with Crippen LogP contribution in [-0.2, 0) is 20.9 Å². The number of nitrogens with zero attached hydrogens (tertiary/aromatic N) is 2. The molecule has 1 saturated carbocycles. The summed E-state index contributed by atoms with van der Waals surface area (Å²) in [4.78, 5) is 34.5. The van der Waals surface area contributed by atoms with Crippen molar-refractivity contribution < 1.29 is 43.6 Å². The molecule has 0 spiro atoms. The number of ether oxygens (including phenoxy) is 4. The van der Waals surface area contributed by atoms with Crippen LogP contribution in [0.4, 0.5) is 9.59 Å². The van der Waals surface area contributed by atoms with E-state index >= 15 is 0 Å². The van der Waals surface area contributed by atoms with Gasteiger partial charge >= 0.3 is 12.2 Å². The minimum absolute atomic E-state index is 0.0143. The van der Waals surface area contributed by atoms with Gasteiger partial charge in [-0.1, -0.05) is 67.4 Å². The van der Waals surface area contributed by atoms with E-state index in [1.807, 2.05) is 56.3 Å². The fraction of sp³-hybridized carbons (Fsp3) is 0.558. The Morgan fingerprint density at radius 2 is 1.86 bits per heavy atom. The van der Waals surface area contributed by atoms with Crippen LogP contribution in [-0.4, -0.2) is 90.3 Å². The number of carbonyl (C=O) groups is 2. The van der Waals surface area contributed by atoms with E-state index in [1.165, 1.54) is 0 Å². The predicted octanol–water partition coefficient (Wildman–Crippen LogP) is 7.72. The molecule has 306 valence electrons. The largest absolute Gasteiger partial charge is 0.459 e. The smallest absolute Gasteiger partial charge is 0.412 e. The lowest BCUT2D eigenvalue weighted by Gasteiger charge is -2.59. The number of rotatable bonds is 21. The Hall–Kier alpha value is -4.10. The Kier molecular flexibility index (Phi) is 16.5. The Labute approximate surface area is 335 Å². The number of hydrogen-bond acceptors (Lipinski definition) is 10. The average Bonchev–Trinajstić information content (AvgIpc) is 3.21. The van der Waals surface area contributed by atoms with E-state index in [1.54, 1.807) is 17.0 Å². The average molecular weight is 796 g/mol. The van der Waals surface area contributed by atoms with Crippen molar-refractivity contribution in [2.24, 2.45) is 22.9 Å². The molecule has 1 fully saturated rings. The van der Waals surface area contributed by atoms with E-state index in [4.69, 9.17) is 40.5 Å². The summed E-state index contributed by atoms with van der Waals surface area (Å²) in [6.45, 7) is 9.19. The molecule has 0 saturated heterocycles. The lowest BCUT2D eigenvalue weighted by molar-refractivity contribution is -0.255. The van der Waals surface area contributed by atoms with Gasteiger partial charge in [0.2, 0.25) is 5.79 Å². The maximum absolute atomic E-state index is 14.0. The molecule has 6 unspecified atom stereocenters. The molecular formula is C43H58ClN3O9. The minimum atomic E-state index is -1.42. The summed E-state index contributed by atoms with van der Waals surface area (Å²) in [7, 11) is 0. The van der Waals surface area contributed by atoms with Crippen molar-refractivity contribution in [3.8, 4) is 11.5 Å². The molecule has 3 aliphatic rings. The fourth-order valence-electron chi connectivity index (χ4n) is 8.59. The Bertz CT molecular complexity index is 1660. The zero-order chi connectivity index (χ0) is 39.9. The number of unbranched alkanes of at least 4 members (excludes halogenated alkanes) is 2. The summed E-state index contributed by atoms with van der Waals surface area (Å²) in [6, 6.07) is 14.3. The molecule has 3 N–H and O–H groups in total. The first kappa shape index (κ1) is 43.0. The molecule has 1 aliphatic heterocycles. The van der Waals surface area contributed by atoms with Gasteiger partial charge in [-0.2, -0.15) is 0 Å². The van der Waals surface area contributed by atoms with Crippen LogP contribution < -0.4 is 14.8 Å². The summed E-state index contributed by atoms with van der Waals surface area (Å²) in [5.41, 5.74) is 3.39. The zero-order valence-electron chi connectivity index (χ0n) is 32.7. The number of nitrogens with one attached hydrogen (secondary N) is 1. The summed E-state index contributed by atoms with van der Waals surface area (Å²) in [5, 5.41) is 27.2. The topological polar surface area (TPSA) is 148 Å². The Balaban J connectivity index is 1.69. The number of fused-ring (bicyclic) bond motifs is 2. The van der Waals surface area contributed by atoms with Crippen molar-refractivity contribution in [1.82, 2.24) is 10.2 Å². The van der Waals surface area contributed by atoms with Crippen LogP contribution in [0.2, 0.25) is 0 Å². The second kappa shape index (κ2) is 21.4. The highest BCUT2D eigenvalue weighted by Gasteiger charge is 2.65. The third kappa shape index (κ3) is 10.1. The van der Waals surface area contributed by atoms with E-state index in [2.05, 4.69) is 18.0 Å². The molecule has 0 radical (unpaired) electrons. The van der Waals surface area contributed by atoms with Crippen molar-refractivity contribution in [2.45, 2.75) is 89.5 Å². The second-order valence-corrected chi connectivity index (χ2v) is 14.8. The first-order valence-corrected chi connectivity index (χ1v) is 20.6. The Morgan fingerprint density at radius 3 is 2.55 bits per heavy atom. The summed E-state index contributed by atoms with van der Waals surface area (Å²) in [6.07, 6.45) is 8.20. The standard InChI is InChI=1S/C43H58ClN3O9/c1-4-21-47(42(51)52-25-20-44)38-28-36(46-54-6-3)34-26-31(16-10-12-22-48)33(17-11-13-23-49)39-35-27-32(55-41(50)45-29-30-14-8-7-9-15-30)18-19-37(35)56-43(38,40(34)39)53-24-5-2/h5,7-9,14-15,18-19,26-27,31,33,38-40,48-49H,2,4,6,10-13,16-17,20-25,28-29H2,1,3H3,(H,45,50). The van der Waals surface area contributed by atoms with E-state index in [0.29, 0.717) is 56.2 Å². The van der Waals surface area contributed by atoms with Crippen LogP contribution in [0.15, 0.2) is 78.0 Å². The summed E-state index contributed by atoms with van der Waals surface area (Å²) >= 11 is 5.97. The number of alkyl halides is 1. The monoisotopic (exact) mass is 795 g/mol. The predicted molar refractivity (Wildman–Crippen MR) is 215 cm³/mol. The van der Waals surface area contributed by atoms with Crippen molar-refractivity contribution in [3.63, 3.8) is 0 Å². The van der Waals surface area contributed by atoms with Crippen molar-refractivity contribution in [2.75, 3.05) is 45.5 Å². The van der Waals surface area contributed by atoms with Crippen LogP contribution in [0.5, 0.6) is 11.5 Å². The molecule has 5 rings (SSSR count). The quantitative estimate of drug-likeness (QED) is 0.0500. The van der Waals surface area contributed by atoms with Gasteiger partial charge in [-0.15, -0.1) is 18.2 Å². The van der Waals surface area contributed by atoms with Crippen LogP contribution in [0.3, 0.4) is 0 Å². The first-order valence-electron chi connectivity index (χ1n) is 20.0. The van der Waals surface area contributed by atoms with Gasteiger partial charge in [-0.05, 0) is 80.2 Å². The van der Waals surface area contributed by atoms with Gasteiger partial charge < -0.3 is 39.3 Å². The number of oxime groups is 1.